The number of H-pyrrole nitrogens is 1. The van der Waals surface area contributed by atoms with Crippen molar-refractivity contribution in [2.24, 2.45) is 0 Å². The molecule has 0 saturated carbocycles. The number of anilines is 3. The average Bonchev–Trinajstić information content (AvgIpc) is 3.02. The number of sulfone groups is 1. The third-order valence-corrected chi connectivity index (χ3v) is 5.73. The molecule has 3 N–H and O–H groups in total. The highest BCUT2D eigenvalue weighted by Crippen LogP contribution is 2.33. The van der Waals surface area contributed by atoms with Crippen molar-refractivity contribution in [1.82, 2.24) is 15.0 Å². The predicted molar refractivity (Wildman–Crippen MR) is 112 cm³/mol. The molecule has 1 unspecified atom stereocenters. The molecule has 0 saturated heterocycles. The molecule has 0 aliphatic rings. The van der Waals surface area contributed by atoms with Crippen LogP contribution in [0.3, 0.4) is 0 Å². The molecule has 8 nitrogen and oxygen atoms in total. The van der Waals surface area contributed by atoms with Crippen LogP contribution in [0.1, 0.15) is 20.3 Å². The molecule has 3 rings (SSSR count). The van der Waals surface area contributed by atoms with Crippen LogP contribution in [-0.2, 0) is 9.84 Å². The third kappa shape index (κ3) is 4.15. The van der Waals surface area contributed by atoms with Crippen LogP contribution in [0.4, 0.5) is 17.5 Å². The van der Waals surface area contributed by atoms with Crippen molar-refractivity contribution in [1.29, 1.82) is 0 Å². The van der Waals surface area contributed by atoms with Crippen molar-refractivity contribution < 1.29 is 13.2 Å². The fourth-order valence-corrected chi connectivity index (χ4v) is 3.49. The van der Waals surface area contributed by atoms with E-state index in [4.69, 9.17) is 16.3 Å². The van der Waals surface area contributed by atoms with Crippen LogP contribution in [0.15, 0.2) is 29.3 Å². The van der Waals surface area contributed by atoms with E-state index in [2.05, 4.69) is 39.4 Å². The first-order chi connectivity index (χ1) is 13.2. The van der Waals surface area contributed by atoms with Gasteiger partial charge >= 0.3 is 0 Å². The van der Waals surface area contributed by atoms with Gasteiger partial charge in [0.15, 0.2) is 9.84 Å². The summed E-state index contributed by atoms with van der Waals surface area (Å²) in [6.45, 7) is 4.12. The molecule has 150 valence electrons. The van der Waals surface area contributed by atoms with E-state index in [-0.39, 0.29) is 10.9 Å². The van der Waals surface area contributed by atoms with Crippen molar-refractivity contribution >= 4 is 49.9 Å². The summed E-state index contributed by atoms with van der Waals surface area (Å²) in [5, 5.41) is 7.67. The lowest BCUT2D eigenvalue weighted by molar-refractivity contribution is 0.415. The highest BCUT2D eigenvalue weighted by molar-refractivity contribution is 7.90. The average molecular weight is 424 g/mol. The van der Waals surface area contributed by atoms with Crippen LogP contribution < -0.4 is 15.4 Å². The second kappa shape index (κ2) is 7.84. The fraction of sp³-hybridized carbons (Fsp3) is 0.333. The lowest BCUT2D eigenvalue weighted by atomic mass is 10.2. The zero-order valence-electron chi connectivity index (χ0n) is 16.0. The molecule has 1 atom stereocenters. The van der Waals surface area contributed by atoms with Gasteiger partial charge in [-0.15, -0.1) is 0 Å². The number of aromatic amines is 1. The van der Waals surface area contributed by atoms with E-state index in [1.54, 1.807) is 12.3 Å². The van der Waals surface area contributed by atoms with Crippen molar-refractivity contribution in [2.45, 2.75) is 31.2 Å². The summed E-state index contributed by atoms with van der Waals surface area (Å²) >= 11 is 6.28. The third-order valence-electron chi connectivity index (χ3n) is 4.33. The molecule has 28 heavy (non-hydrogen) atoms. The molecule has 0 aliphatic carbocycles. The molecule has 0 bridgehead atoms. The van der Waals surface area contributed by atoms with Gasteiger partial charge in [-0.1, -0.05) is 18.5 Å². The SMILES string of the molecule is CCC(C)Nc1nc(Nc2ccc(S(C)(=O)=O)cc2OC)nc2[nH]cc(Cl)c12. The molecule has 2 heterocycles. The van der Waals surface area contributed by atoms with Crippen molar-refractivity contribution in [3.05, 3.63) is 29.4 Å². The largest absolute Gasteiger partial charge is 0.495 e. The smallest absolute Gasteiger partial charge is 0.231 e. The van der Waals surface area contributed by atoms with Crippen LogP contribution in [0.2, 0.25) is 5.02 Å². The summed E-state index contributed by atoms with van der Waals surface area (Å²) in [5.74, 6) is 1.30. The zero-order chi connectivity index (χ0) is 20.5. The van der Waals surface area contributed by atoms with E-state index in [9.17, 15) is 8.42 Å². The van der Waals surface area contributed by atoms with Gasteiger partial charge in [0.25, 0.3) is 0 Å². The molecule has 0 aliphatic heterocycles. The quantitative estimate of drug-likeness (QED) is 0.527. The van der Waals surface area contributed by atoms with E-state index in [1.807, 2.05) is 0 Å². The van der Waals surface area contributed by atoms with Crippen LogP contribution >= 0.6 is 11.6 Å². The minimum atomic E-state index is -3.34. The van der Waals surface area contributed by atoms with Gasteiger partial charge in [-0.05, 0) is 25.5 Å². The van der Waals surface area contributed by atoms with Gasteiger partial charge in [-0.2, -0.15) is 9.97 Å². The van der Waals surface area contributed by atoms with E-state index >= 15 is 0 Å². The summed E-state index contributed by atoms with van der Waals surface area (Å²) in [7, 11) is -1.87. The van der Waals surface area contributed by atoms with Gasteiger partial charge in [0.05, 0.1) is 28.1 Å². The Kier molecular flexibility index (Phi) is 5.66. The fourth-order valence-electron chi connectivity index (χ4n) is 2.62. The molecule has 0 fully saturated rings. The second-order valence-corrected chi connectivity index (χ2v) is 8.89. The summed E-state index contributed by atoms with van der Waals surface area (Å²) in [6, 6.07) is 4.77. The monoisotopic (exact) mass is 423 g/mol. The Balaban J connectivity index is 2.03. The number of methoxy groups -OCH3 is 1. The van der Waals surface area contributed by atoms with Gasteiger partial charge in [-0.3, -0.25) is 0 Å². The maximum Gasteiger partial charge on any atom is 0.231 e. The maximum atomic E-state index is 11.8. The Morgan fingerprint density at radius 2 is 2.07 bits per heavy atom. The highest BCUT2D eigenvalue weighted by atomic mass is 35.5. The second-order valence-electron chi connectivity index (χ2n) is 6.47. The molecule has 3 aromatic rings. The number of hydrogen-bond acceptors (Lipinski definition) is 7. The summed E-state index contributed by atoms with van der Waals surface area (Å²) < 4.78 is 28.9. The Labute approximate surface area is 168 Å². The lowest BCUT2D eigenvalue weighted by Gasteiger charge is -2.15. The minimum Gasteiger partial charge on any atom is -0.495 e. The van der Waals surface area contributed by atoms with Gasteiger partial charge < -0.3 is 20.4 Å². The Bertz CT molecular complexity index is 1110. The molecule has 0 spiro atoms. The summed E-state index contributed by atoms with van der Waals surface area (Å²) in [5.41, 5.74) is 1.13. The van der Waals surface area contributed by atoms with Crippen LogP contribution in [0.25, 0.3) is 11.0 Å². The number of ether oxygens (including phenoxy) is 1. The van der Waals surface area contributed by atoms with Gasteiger partial charge in [-0.25, -0.2) is 8.42 Å². The number of nitrogens with zero attached hydrogens (tertiary/aromatic N) is 2. The molecule has 2 aromatic heterocycles. The topological polar surface area (TPSA) is 109 Å². The van der Waals surface area contributed by atoms with E-state index in [1.165, 1.54) is 19.2 Å². The molecule has 0 amide bonds. The first kappa shape index (κ1) is 20.2. The first-order valence-corrected chi connectivity index (χ1v) is 11.0. The molecular formula is C18H22ClN5O3S. The number of aromatic nitrogens is 3. The highest BCUT2D eigenvalue weighted by Gasteiger charge is 2.16. The van der Waals surface area contributed by atoms with E-state index < -0.39 is 9.84 Å². The maximum absolute atomic E-state index is 11.8. The van der Waals surface area contributed by atoms with Crippen molar-refractivity contribution in [3.8, 4) is 5.75 Å². The van der Waals surface area contributed by atoms with Crippen LogP contribution in [0.5, 0.6) is 5.75 Å². The Morgan fingerprint density at radius 3 is 2.71 bits per heavy atom. The van der Waals surface area contributed by atoms with E-state index in [0.717, 1.165) is 12.7 Å². The number of hydrogen-bond donors (Lipinski definition) is 3. The Morgan fingerprint density at radius 1 is 1.32 bits per heavy atom. The van der Waals surface area contributed by atoms with Gasteiger partial charge in [0.1, 0.15) is 17.2 Å². The van der Waals surface area contributed by atoms with Crippen molar-refractivity contribution in [3.63, 3.8) is 0 Å². The number of halogens is 1. The van der Waals surface area contributed by atoms with E-state index in [0.29, 0.717) is 39.3 Å². The lowest BCUT2D eigenvalue weighted by Crippen LogP contribution is -2.15. The predicted octanol–water partition coefficient (Wildman–Crippen LogP) is 3.98. The Hall–Kier alpha value is -2.52. The number of fused-ring (bicyclic) bond motifs is 1. The summed E-state index contributed by atoms with van der Waals surface area (Å²) in [6.07, 6.45) is 3.72. The molecular weight excluding hydrogens is 402 g/mol. The molecule has 10 heteroatoms. The number of nitrogens with one attached hydrogen (secondary N) is 3. The molecule has 1 aromatic carbocycles. The first-order valence-electron chi connectivity index (χ1n) is 8.69. The van der Waals surface area contributed by atoms with Crippen molar-refractivity contribution in [2.75, 3.05) is 24.0 Å². The normalized spacial score (nSPS) is 12.8. The minimum absolute atomic E-state index is 0.168. The number of rotatable bonds is 7. The van der Waals surface area contributed by atoms with Gasteiger partial charge in [0.2, 0.25) is 5.95 Å². The van der Waals surface area contributed by atoms with Crippen LogP contribution in [-0.4, -0.2) is 42.8 Å². The molecule has 0 radical (unpaired) electrons. The summed E-state index contributed by atoms with van der Waals surface area (Å²) in [4.78, 5) is 12.2. The van der Waals surface area contributed by atoms with Crippen LogP contribution in [0, 0.1) is 0 Å². The number of benzene rings is 1. The van der Waals surface area contributed by atoms with Gasteiger partial charge in [0, 0.05) is 24.6 Å². The standard InChI is InChI=1S/C18H22ClN5O3S/c1-5-10(2)21-17-15-12(19)9-20-16(15)23-18(24-17)22-13-7-6-11(28(4,25)26)8-14(13)27-3/h6-10H,5H2,1-4H3,(H3,20,21,22,23,24). The zero-order valence-corrected chi connectivity index (χ0v) is 17.6.